The minimum absolute atomic E-state index is 0.0675. The second-order valence-electron chi connectivity index (χ2n) is 7.68. The van der Waals surface area contributed by atoms with Crippen LogP contribution in [0.4, 0.5) is 10.5 Å². The fourth-order valence-electron chi connectivity index (χ4n) is 3.90. The van der Waals surface area contributed by atoms with Gasteiger partial charge < -0.3 is 20.5 Å². The molecule has 3 N–H and O–H groups in total. The number of ether oxygens (including phenoxy) is 1. The molecular weight excluding hydrogens is 535 g/mol. The van der Waals surface area contributed by atoms with Gasteiger partial charge in [0.25, 0.3) is 0 Å². The first-order valence-electron chi connectivity index (χ1n) is 10.3. The number of carboxylic acid groups (broad SMARTS) is 1. The average molecular weight is 556 g/mol. The van der Waals surface area contributed by atoms with Gasteiger partial charge in [-0.15, -0.1) is 0 Å². The molecule has 1 aliphatic rings. The molecule has 0 saturated heterocycles. The van der Waals surface area contributed by atoms with E-state index in [0.29, 0.717) is 9.26 Å². The van der Waals surface area contributed by atoms with Crippen LogP contribution in [0.3, 0.4) is 0 Å². The largest absolute Gasteiger partial charge is 0.478 e. The van der Waals surface area contributed by atoms with Gasteiger partial charge in [0, 0.05) is 15.2 Å². The molecule has 0 aliphatic heterocycles. The summed E-state index contributed by atoms with van der Waals surface area (Å²) in [7, 11) is 0. The lowest BCUT2D eigenvalue weighted by Crippen LogP contribution is -2.42. The van der Waals surface area contributed by atoms with Crippen LogP contribution in [-0.4, -0.2) is 35.7 Å². The number of halogens is 1. The van der Waals surface area contributed by atoms with Gasteiger partial charge >= 0.3 is 12.1 Å². The Labute approximate surface area is 204 Å². The van der Waals surface area contributed by atoms with Gasteiger partial charge in [-0.2, -0.15) is 0 Å². The van der Waals surface area contributed by atoms with E-state index in [1.807, 2.05) is 59.0 Å². The minimum Gasteiger partial charge on any atom is -0.478 e. The summed E-state index contributed by atoms with van der Waals surface area (Å²) < 4.78 is 5.97. The highest BCUT2D eigenvalue weighted by atomic mass is 127. The van der Waals surface area contributed by atoms with Crippen molar-refractivity contribution in [3.8, 4) is 11.1 Å². The molecule has 0 unspecified atom stereocenters. The average Bonchev–Trinajstić information content (AvgIpc) is 3.11. The summed E-state index contributed by atoms with van der Waals surface area (Å²) in [4.78, 5) is 36.0. The molecule has 2 amide bonds. The Morgan fingerprint density at radius 2 is 1.61 bits per heavy atom. The minimum atomic E-state index is -1.04. The molecule has 0 spiro atoms. The summed E-state index contributed by atoms with van der Waals surface area (Å²) in [5, 5.41) is 14.3. The Hall–Kier alpha value is -3.40. The van der Waals surface area contributed by atoms with Crippen molar-refractivity contribution < 1.29 is 24.2 Å². The van der Waals surface area contributed by atoms with Gasteiger partial charge in [-0.1, -0.05) is 48.5 Å². The maximum Gasteiger partial charge on any atom is 0.407 e. The topological polar surface area (TPSA) is 105 Å². The Balaban J connectivity index is 1.35. The van der Waals surface area contributed by atoms with Crippen LogP contribution < -0.4 is 10.6 Å². The van der Waals surface area contributed by atoms with E-state index in [9.17, 15) is 14.4 Å². The number of rotatable bonds is 6. The Morgan fingerprint density at radius 1 is 1.00 bits per heavy atom. The Bertz CT molecular complexity index is 1200. The van der Waals surface area contributed by atoms with E-state index < -0.39 is 24.0 Å². The van der Waals surface area contributed by atoms with Crippen molar-refractivity contribution in [3.63, 3.8) is 0 Å². The second kappa shape index (κ2) is 9.62. The summed E-state index contributed by atoms with van der Waals surface area (Å²) >= 11 is 1.89. The summed E-state index contributed by atoms with van der Waals surface area (Å²) in [6, 6.07) is 19.7. The molecule has 7 nitrogen and oxygen atoms in total. The van der Waals surface area contributed by atoms with Crippen LogP contribution in [0.1, 0.15) is 34.3 Å². The Morgan fingerprint density at radius 3 is 2.18 bits per heavy atom. The van der Waals surface area contributed by atoms with Crippen LogP contribution in [0.2, 0.25) is 0 Å². The predicted molar refractivity (Wildman–Crippen MR) is 132 cm³/mol. The van der Waals surface area contributed by atoms with Crippen molar-refractivity contribution >= 4 is 46.2 Å². The van der Waals surface area contributed by atoms with Gasteiger partial charge in [-0.25, -0.2) is 9.59 Å². The first kappa shape index (κ1) is 22.8. The number of aromatic carboxylic acids is 1. The molecule has 1 aliphatic carbocycles. The van der Waals surface area contributed by atoms with Gasteiger partial charge in [0.2, 0.25) is 5.91 Å². The highest BCUT2D eigenvalue weighted by molar-refractivity contribution is 14.1. The van der Waals surface area contributed by atoms with E-state index in [1.54, 1.807) is 13.0 Å². The number of carbonyl (C=O) groups excluding carboxylic acids is 2. The van der Waals surface area contributed by atoms with Crippen LogP contribution in [0, 0.1) is 3.57 Å². The van der Waals surface area contributed by atoms with Crippen LogP contribution in [0.5, 0.6) is 0 Å². The predicted octanol–water partition coefficient (Wildman–Crippen LogP) is 4.86. The van der Waals surface area contributed by atoms with Crippen molar-refractivity contribution in [2.45, 2.75) is 18.9 Å². The monoisotopic (exact) mass is 556 g/mol. The second-order valence-corrected chi connectivity index (χ2v) is 8.84. The molecule has 33 heavy (non-hydrogen) atoms. The van der Waals surface area contributed by atoms with Crippen LogP contribution in [0.25, 0.3) is 11.1 Å². The van der Waals surface area contributed by atoms with E-state index >= 15 is 0 Å². The number of hydrogen-bond acceptors (Lipinski definition) is 4. The maximum absolute atomic E-state index is 12.5. The molecule has 3 aromatic carbocycles. The first-order valence-corrected chi connectivity index (χ1v) is 11.4. The number of amides is 2. The zero-order chi connectivity index (χ0) is 23.5. The molecule has 0 aromatic heterocycles. The van der Waals surface area contributed by atoms with E-state index in [4.69, 9.17) is 9.84 Å². The number of benzene rings is 3. The molecule has 0 fully saturated rings. The quantitative estimate of drug-likeness (QED) is 0.377. The normalized spacial score (nSPS) is 12.9. The SMILES string of the molecule is C[C@H](NC(=O)OCC1c2ccccc2-c2ccccc21)C(=O)Nc1ccc(C(=O)O)c(I)c1. The molecular formula is C25H21IN2O5. The highest BCUT2D eigenvalue weighted by Gasteiger charge is 2.29. The summed E-state index contributed by atoms with van der Waals surface area (Å²) in [6.07, 6.45) is -0.685. The van der Waals surface area contributed by atoms with Gasteiger partial charge in [0.05, 0.1) is 5.56 Å². The van der Waals surface area contributed by atoms with E-state index in [-0.39, 0.29) is 18.1 Å². The third-order valence-corrected chi connectivity index (χ3v) is 6.43. The van der Waals surface area contributed by atoms with Crippen molar-refractivity contribution in [1.29, 1.82) is 0 Å². The third-order valence-electron chi connectivity index (χ3n) is 5.54. The zero-order valence-electron chi connectivity index (χ0n) is 17.7. The lowest BCUT2D eigenvalue weighted by Gasteiger charge is -2.17. The summed E-state index contributed by atoms with van der Waals surface area (Å²) in [5.41, 5.74) is 5.08. The van der Waals surface area contributed by atoms with Gasteiger partial charge in [-0.05, 0) is 70.0 Å². The molecule has 0 saturated carbocycles. The Kier molecular flexibility index (Phi) is 6.64. The van der Waals surface area contributed by atoms with Crippen molar-refractivity contribution in [2.24, 2.45) is 0 Å². The number of nitrogens with one attached hydrogen (secondary N) is 2. The first-order chi connectivity index (χ1) is 15.8. The van der Waals surface area contributed by atoms with E-state index in [1.165, 1.54) is 12.1 Å². The number of carbonyl (C=O) groups is 3. The maximum atomic E-state index is 12.5. The van der Waals surface area contributed by atoms with Crippen molar-refractivity contribution in [3.05, 3.63) is 87.0 Å². The molecule has 8 heteroatoms. The molecule has 168 valence electrons. The van der Waals surface area contributed by atoms with E-state index in [2.05, 4.69) is 22.8 Å². The summed E-state index contributed by atoms with van der Waals surface area (Å²) in [6.45, 7) is 1.70. The fourth-order valence-corrected chi connectivity index (χ4v) is 4.65. The number of fused-ring (bicyclic) bond motifs is 3. The highest BCUT2D eigenvalue weighted by Crippen LogP contribution is 2.44. The fraction of sp³-hybridized carbons (Fsp3) is 0.160. The lowest BCUT2D eigenvalue weighted by atomic mass is 9.98. The molecule has 1 atom stereocenters. The molecule has 4 rings (SSSR count). The number of hydrogen-bond donors (Lipinski definition) is 3. The lowest BCUT2D eigenvalue weighted by molar-refractivity contribution is -0.117. The van der Waals surface area contributed by atoms with Gasteiger partial charge in [-0.3, -0.25) is 4.79 Å². The molecule has 3 aromatic rings. The smallest absolute Gasteiger partial charge is 0.407 e. The van der Waals surface area contributed by atoms with Gasteiger partial charge in [0.15, 0.2) is 0 Å². The van der Waals surface area contributed by atoms with Gasteiger partial charge in [0.1, 0.15) is 12.6 Å². The summed E-state index contributed by atoms with van der Waals surface area (Å²) in [5.74, 6) is -1.55. The molecule has 0 heterocycles. The molecule has 0 bridgehead atoms. The van der Waals surface area contributed by atoms with E-state index in [0.717, 1.165) is 22.3 Å². The van der Waals surface area contributed by atoms with Crippen LogP contribution in [-0.2, 0) is 9.53 Å². The zero-order valence-corrected chi connectivity index (χ0v) is 19.8. The number of carboxylic acids is 1. The van der Waals surface area contributed by atoms with Crippen molar-refractivity contribution in [2.75, 3.05) is 11.9 Å². The van der Waals surface area contributed by atoms with Crippen LogP contribution >= 0.6 is 22.6 Å². The standard InChI is InChI=1S/C25H21IN2O5/c1-14(23(29)28-15-10-11-20(24(30)31)22(26)12-15)27-25(32)33-13-21-18-8-4-2-6-16(18)17-7-3-5-9-19(17)21/h2-12,14,21H,13H2,1H3,(H,27,32)(H,28,29)(H,30,31)/t14-/m0/s1. The van der Waals surface area contributed by atoms with Crippen molar-refractivity contribution in [1.82, 2.24) is 5.32 Å². The van der Waals surface area contributed by atoms with Crippen LogP contribution in [0.15, 0.2) is 66.7 Å². The third kappa shape index (κ3) is 4.85. The number of anilines is 1. The molecule has 0 radical (unpaired) electrons. The number of alkyl carbamates (subject to hydrolysis) is 1.